The molecule has 1 atom stereocenters. The first kappa shape index (κ1) is 13.6. The molecule has 18 heavy (non-hydrogen) atoms. The lowest BCUT2D eigenvalue weighted by Crippen LogP contribution is -2.47. The molecule has 1 amide bonds. The van der Waals surface area contributed by atoms with Crippen molar-refractivity contribution in [1.29, 1.82) is 0 Å². The Morgan fingerprint density at radius 3 is 2.39 bits per heavy atom. The predicted molar refractivity (Wildman–Crippen MR) is 64.1 cm³/mol. The van der Waals surface area contributed by atoms with Gasteiger partial charge in [-0.2, -0.15) is 12.7 Å². The summed E-state index contributed by atoms with van der Waals surface area (Å²) in [7, 11) is -3.97. The number of nitrogens with zero attached hydrogens (tertiary/aromatic N) is 1. The van der Waals surface area contributed by atoms with Gasteiger partial charge in [0.2, 0.25) is 0 Å². The van der Waals surface area contributed by atoms with Crippen molar-refractivity contribution in [3.05, 3.63) is 0 Å². The molecule has 6 nitrogen and oxygen atoms in total. The quantitative estimate of drug-likeness (QED) is 0.729. The van der Waals surface area contributed by atoms with E-state index in [1.54, 1.807) is 20.8 Å². The van der Waals surface area contributed by atoms with Crippen LogP contribution in [0.1, 0.15) is 40.0 Å². The van der Waals surface area contributed by atoms with Crippen molar-refractivity contribution in [2.24, 2.45) is 5.92 Å². The minimum Gasteiger partial charge on any atom is -0.443 e. The molecule has 0 spiro atoms. The fourth-order valence-corrected chi connectivity index (χ4v) is 3.34. The van der Waals surface area contributed by atoms with E-state index in [2.05, 4.69) is 0 Å². The lowest BCUT2D eigenvalue weighted by Gasteiger charge is -2.34. The number of carbonyl (C=O) groups is 1. The van der Waals surface area contributed by atoms with Crippen LogP contribution in [0.3, 0.4) is 0 Å². The van der Waals surface area contributed by atoms with Crippen molar-refractivity contribution in [3.63, 3.8) is 0 Å². The van der Waals surface area contributed by atoms with Gasteiger partial charge in [-0.1, -0.05) is 6.42 Å². The van der Waals surface area contributed by atoms with Gasteiger partial charge in [-0.3, -0.25) is 4.18 Å². The second-order valence-electron chi connectivity index (χ2n) is 5.78. The Morgan fingerprint density at radius 2 is 1.94 bits per heavy atom. The van der Waals surface area contributed by atoms with Crippen LogP contribution in [0.15, 0.2) is 0 Å². The van der Waals surface area contributed by atoms with Gasteiger partial charge in [0.15, 0.2) is 0 Å². The second-order valence-corrected chi connectivity index (χ2v) is 7.26. The molecule has 1 aliphatic heterocycles. The van der Waals surface area contributed by atoms with Crippen molar-refractivity contribution in [2.45, 2.75) is 51.7 Å². The molecule has 0 unspecified atom stereocenters. The standard InChI is InChI=1S/C11H19NO5S/c1-11(2,3)17-10(13)12-9(8-5-4-6-8)7-16-18(12,14)15/h8-9H,4-7H2,1-3H3/t9-/m1/s1. The minimum absolute atomic E-state index is 0.0479. The molecule has 104 valence electrons. The molecule has 1 aliphatic carbocycles. The van der Waals surface area contributed by atoms with E-state index in [-0.39, 0.29) is 12.5 Å². The summed E-state index contributed by atoms with van der Waals surface area (Å²) in [6, 6.07) is -0.404. The number of rotatable bonds is 1. The first-order valence-electron chi connectivity index (χ1n) is 6.12. The van der Waals surface area contributed by atoms with E-state index < -0.39 is 28.0 Å². The third-order valence-corrected chi connectivity index (χ3v) is 4.53. The fraction of sp³-hybridized carbons (Fsp3) is 0.909. The van der Waals surface area contributed by atoms with E-state index in [4.69, 9.17) is 8.92 Å². The van der Waals surface area contributed by atoms with Crippen molar-refractivity contribution < 1.29 is 22.1 Å². The van der Waals surface area contributed by atoms with E-state index in [1.165, 1.54) is 0 Å². The van der Waals surface area contributed by atoms with E-state index in [0.29, 0.717) is 0 Å². The van der Waals surface area contributed by atoms with Crippen LogP contribution in [0.5, 0.6) is 0 Å². The van der Waals surface area contributed by atoms with E-state index >= 15 is 0 Å². The van der Waals surface area contributed by atoms with Gasteiger partial charge in [0, 0.05) is 0 Å². The highest BCUT2D eigenvalue weighted by molar-refractivity contribution is 7.85. The van der Waals surface area contributed by atoms with E-state index in [0.717, 1.165) is 23.6 Å². The van der Waals surface area contributed by atoms with Gasteiger partial charge >= 0.3 is 16.4 Å². The molecule has 0 bridgehead atoms. The van der Waals surface area contributed by atoms with Crippen molar-refractivity contribution in [2.75, 3.05) is 6.61 Å². The normalized spacial score (nSPS) is 27.9. The van der Waals surface area contributed by atoms with Crippen LogP contribution in [0.25, 0.3) is 0 Å². The molecule has 1 saturated heterocycles. The Bertz CT molecular complexity index is 435. The molecule has 2 aliphatic rings. The molecule has 2 rings (SSSR count). The van der Waals surface area contributed by atoms with Crippen molar-refractivity contribution in [1.82, 2.24) is 4.31 Å². The maximum absolute atomic E-state index is 12.0. The second kappa shape index (κ2) is 4.38. The lowest BCUT2D eigenvalue weighted by atomic mass is 9.80. The minimum atomic E-state index is -3.97. The van der Waals surface area contributed by atoms with Crippen molar-refractivity contribution in [3.8, 4) is 0 Å². The number of ether oxygens (including phenoxy) is 1. The highest BCUT2D eigenvalue weighted by Crippen LogP contribution is 2.37. The fourth-order valence-electron chi connectivity index (χ4n) is 2.13. The largest absolute Gasteiger partial charge is 0.443 e. The van der Waals surface area contributed by atoms with Gasteiger partial charge in [-0.15, -0.1) is 0 Å². The van der Waals surface area contributed by atoms with Crippen LogP contribution in [0, 0.1) is 5.92 Å². The maximum atomic E-state index is 12.0. The molecule has 0 N–H and O–H groups in total. The van der Waals surface area contributed by atoms with E-state index in [9.17, 15) is 13.2 Å². The Hall–Kier alpha value is -0.820. The SMILES string of the molecule is CC(C)(C)OC(=O)N1[C@@H](C2CCC2)COS1(=O)=O. The maximum Gasteiger partial charge on any atom is 0.426 e. The van der Waals surface area contributed by atoms with Gasteiger partial charge in [-0.25, -0.2) is 4.79 Å². The Labute approximate surface area is 107 Å². The molecule has 7 heteroatoms. The summed E-state index contributed by atoms with van der Waals surface area (Å²) in [5.74, 6) is 0.204. The average Bonchev–Trinajstić information content (AvgIpc) is 2.35. The Kier molecular flexibility index (Phi) is 3.31. The third-order valence-electron chi connectivity index (χ3n) is 3.20. The Balaban J connectivity index is 2.17. The summed E-state index contributed by atoms with van der Waals surface area (Å²) in [4.78, 5) is 12.0. The van der Waals surface area contributed by atoms with Crippen LogP contribution >= 0.6 is 0 Å². The van der Waals surface area contributed by atoms with Crippen molar-refractivity contribution >= 4 is 16.4 Å². The molecule has 1 saturated carbocycles. The third kappa shape index (κ3) is 2.61. The summed E-state index contributed by atoms with van der Waals surface area (Å²) >= 11 is 0. The summed E-state index contributed by atoms with van der Waals surface area (Å²) < 4.78 is 34.2. The van der Waals surface area contributed by atoms with Crippen LogP contribution < -0.4 is 0 Å². The predicted octanol–water partition coefficient (Wildman–Crippen LogP) is 1.67. The van der Waals surface area contributed by atoms with Crippen LogP contribution in [-0.4, -0.2) is 37.1 Å². The van der Waals surface area contributed by atoms with Gasteiger partial charge in [-0.05, 0) is 39.5 Å². The van der Waals surface area contributed by atoms with Crippen LogP contribution in [-0.2, 0) is 19.2 Å². The van der Waals surface area contributed by atoms with Crippen LogP contribution in [0.2, 0.25) is 0 Å². The molecule has 2 fully saturated rings. The first-order chi connectivity index (χ1) is 8.21. The number of amides is 1. The number of hydrogen-bond acceptors (Lipinski definition) is 5. The monoisotopic (exact) mass is 277 g/mol. The van der Waals surface area contributed by atoms with Gasteiger partial charge < -0.3 is 4.74 Å². The summed E-state index contributed by atoms with van der Waals surface area (Å²) in [6.07, 6.45) is 2.10. The molecular weight excluding hydrogens is 258 g/mol. The number of hydrogen-bond donors (Lipinski definition) is 0. The molecular formula is C11H19NO5S. The molecule has 0 aromatic carbocycles. The number of carbonyl (C=O) groups excluding carboxylic acids is 1. The lowest BCUT2D eigenvalue weighted by molar-refractivity contribution is 0.0283. The highest BCUT2D eigenvalue weighted by Gasteiger charge is 2.48. The zero-order valence-corrected chi connectivity index (χ0v) is 11.7. The molecule has 0 aromatic heterocycles. The Morgan fingerprint density at radius 1 is 1.33 bits per heavy atom. The van der Waals surface area contributed by atoms with Gasteiger partial charge in [0.1, 0.15) is 5.60 Å². The van der Waals surface area contributed by atoms with Gasteiger partial charge in [0.05, 0.1) is 12.6 Å². The summed E-state index contributed by atoms with van der Waals surface area (Å²) in [6.45, 7) is 5.15. The topological polar surface area (TPSA) is 72.9 Å². The zero-order valence-electron chi connectivity index (χ0n) is 10.9. The molecule has 0 radical (unpaired) electrons. The summed E-state index contributed by atoms with van der Waals surface area (Å²) in [5.41, 5.74) is -0.723. The zero-order chi connectivity index (χ0) is 13.6. The first-order valence-corrected chi connectivity index (χ1v) is 7.49. The van der Waals surface area contributed by atoms with Crippen LogP contribution in [0.4, 0.5) is 4.79 Å². The molecule has 0 aromatic rings. The van der Waals surface area contributed by atoms with E-state index in [1.807, 2.05) is 0 Å². The highest BCUT2D eigenvalue weighted by atomic mass is 32.2. The molecule has 1 heterocycles. The average molecular weight is 277 g/mol. The van der Waals surface area contributed by atoms with Gasteiger partial charge in [0.25, 0.3) is 0 Å². The summed E-state index contributed by atoms with van der Waals surface area (Å²) in [5, 5.41) is 0. The smallest absolute Gasteiger partial charge is 0.426 e.